The van der Waals surface area contributed by atoms with Crippen molar-refractivity contribution in [2.75, 3.05) is 6.54 Å². The average molecular weight is 447 g/mol. The Morgan fingerprint density at radius 2 is 1.70 bits per heavy atom. The van der Waals surface area contributed by atoms with Gasteiger partial charge in [0.15, 0.2) is 0 Å². The van der Waals surface area contributed by atoms with Crippen LogP contribution in [0.4, 0.5) is 8.78 Å². The van der Waals surface area contributed by atoms with E-state index < -0.39 is 17.7 Å². The summed E-state index contributed by atoms with van der Waals surface area (Å²) in [5, 5.41) is 0.417. The number of carbonyl (C=O) groups excluding carboxylic acids is 1. The van der Waals surface area contributed by atoms with E-state index in [2.05, 4.69) is 0 Å². The molecule has 33 heavy (non-hydrogen) atoms. The van der Waals surface area contributed by atoms with Crippen LogP contribution in [0.2, 0.25) is 0 Å². The molecule has 5 nitrogen and oxygen atoms in total. The van der Waals surface area contributed by atoms with Crippen molar-refractivity contribution >= 4 is 16.8 Å². The molecule has 0 aliphatic carbocycles. The molecule has 1 atom stereocenters. The van der Waals surface area contributed by atoms with Gasteiger partial charge in [0.2, 0.25) is 0 Å². The van der Waals surface area contributed by atoms with Crippen molar-refractivity contribution in [2.24, 2.45) is 0 Å². The first-order valence-corrected chi connectivity index (χ1v) is 10.8. The monoisotopic (exact) mass is 447 g/mol. The van der Waals surface area contributed by atoms with Gasteiger partial charge in [-0.05, 0) is 67.9 Å². The lowest BCUT2D eigenvalue weighted by Gasteiger charge is -2.31. The quantitative estimate of drug-likeness (QED) is 0.404. The third-order valence-corrected chi connectivity index (χ3v) is 5.62. The van der Waals surface area contributed by atoms with Gasteiger partial charge in [0.05, 0.1) is 22.6 Å². The second-order valence-corrected chi connectivity index (χ2v) is 7.63. The normalized spacial score (nSPS) is 12.0. The van der Waals surface area contributed by atoms with Crippen molar-refractivity contribution in [1.29, 1.82) is 0 Å². The molecule has 0 aliphatic rings. The highest BCUT2D eigenvalue weighted by molar-refractivity contribution is 5.94. The maximum Gasteiger partial charge on any atom is 0.266 e. The molecule has 0 saturated carbocycles. The number of halogens is 2. The number of hydrogen-bond acceptors (Lipinski definition) is 3. The highest BCUT2D eigenvalue weighted by Gasteiger charge is 2.29. The maximum absolute atomic E-state index is 13.8. The van der Waals surface area contributed by atoms with Crippen molar-refractivity contribution in [1.82, 2.24) is 14.5 Å². The number of amides is 1. The van der Waals surface area contributed by atoms with Crippen LogP contribution in [0.25, 0.3) is 16.6 Å². The van der Waals surface area contributed by atoms with Gasteiger partial charge < -0.3 is 4.90 Å². The summed E-state index contributed by atoms with van der Waals surface area (Å²) in [6, 6.07) is 17.5. The maximum atomic E-state index is 13.8. The SMILES string of the molecule is CCC(c1nc2ccccc2c(=O)n1-c1ccc(F)cc1)N(CC)C(=O)c1cccc(F)c1. The smallest absolute Gasteiger partial charge is 0.266 e. The lowest BCUT2D eigenvalue weighted by atomic mass is 10.1. The minimum absolute atomic E-state index is 0.215. The second kappa shape index (κ2) is 9.32. The van der Waals surface area contributed by atoms with Gasteiger partial charge in [0.1, 0.15) is 17.5 Å². The molecule has 0 aliphatic heterocycles. The van der Waals surface area contributed by atoms with Gasteiger partial charge in [-0.1, -0.05) is 25.1 Å². The van der Waals surface area contributed by atoms with Crippen molar-refractivity contribution < 1.29 is 13.6 Å². The molecule has 0 fully saturated rings. The fourth-order valence-corrected chi connectivity index (χ4v) is 4.05. The predicted octanol–water partition coefficient (Wildman–Crippen LogP) is 5.28. The molecule has 1 amide bonds. The Balaban J connectivity index is 1.93. The lowest BCUT2D eigenvalue weighted by Crippen LogP contribution is -2.38. The van der Waals surface area contributed by atoms with E-state index >= 15 is 0 Å². The second-order valence-electron chi connectivity index (χ2n) is 7.63. The third kappa shape index (κ3) is 4.26. The van der Waals surface area contributed by atoms with Gasteiger partial charge in [-0.15, -0.1) is 0 Å². The first-order chi connectivity index (χ1) is 15.9. The number of para-hydroxylation sites is 1. The van der Waals surface area contributed by atoms with Gasteiger partial charge >= 0.3 is 0 Å². The largest absolute Gasteiger partial charge is 0.329 e. The van der Waals surface area contributed by atoms with Gasteiger partial charge in [-0.3, -0.25) is 14.2 Å². The van der Waals surface area contributed by atoms with Crippen LogP contribution in [-0.2, 0) is 0 Å². The van der Waals surface area contributed by atoms with Crippen LogP contribution < -0.4 is 5.56 Å². The molecule has 0 saturated heterocycles. The van der Waals surface area contributed by atoms with E-state index in [4.69, 9.17) is 4.98 Å². The van der Waals surface area contributed by atoms with Crippen molar-refractivity contribution in [3.05, 3.63) is 106 Å². The van der Waals surface area contributed by atoms with Crippen LogP contribution in [-0.4, -0.2) is 26.9 Å². The van der Waals surface area contributed by atoms with Gasteiger partial charge in [-0.2, -0.15) is 0 Å². The Bertz CT molecular complexity index is 1370. The summed E-state index contributed by atoms with van der Waals surface area (Å²) < 4.78 is 28.8. The average Bonchev–Trinajstić information content (AvgIpc) is 2.83. The van der Waals surface area contributed by atoms with E-state index in [0.717, 1.165) is 0 Å². The van der Waals surface area contributed by atoms with Crippen LogP contribution in [0, 0.1) is 11.6 Å². The molecule has 3 aromatic carbocycles. The summed E-state index contributed by atoms with van der Waals surface area (Å²) in [5.41, 5.74) is 0.854. The fraction of sp³-hybridized carbons (Fsp3) is 0.192. The Morgan fingerprint density at radius 1 is 0.970 bits per heavy atom. The zero-order chi connectivity index (χ0) is 23.5. The van der Waals surface area contributed by atoms with E-state index in [1.54, 1.807) is 35.2 Å². The highest BCUT2D eigenvalue weighted by Crippen LogP contribution is 2.27. The number of nitrogens with zero attached hydrogens (tertiary/aromatic N) is 3. The predicted molar refractivity (Wildman–Crippen MR) is 123 cm³/mol. The zero-order valence-corrected chi connectivity index (χ0v) is 18.3. The van der Waals surface area contributed by atoms with Crippen LogP contribution in [0.5, 0.6) is 0 Å². The standard InChI is InChI=1S/C26H23F2N3O2/c1-3-23(30(4-2)25(32)17-8-7-9-19(28)16-17)24-29-22-11-6-5-10-21(22)26(33)31(24)20-14-12-18(27)13-15-20/h5-16,23H,3-4H2,1-2H3. The number of fused-ring (bicyclic) bond motifs is 1. The molecule has 4 rings (SSSR count). The van der Waals surface area contributed by atoms with Crippen molar-refractivity contribution in [2.45, 2.75) is 26.3 Å². The van der Waals surface area contributed by atoms with Crippen LogP contribution in [0.3, 0.4) is 0 Å². The summed E-state index contributed by atoms with van der Waals surface area (Å²) in [6.07, 6.45) is 0.459. The lowest BCUT2D eigenvalue weighted by molar-refractivity contribution is 0.0671. The first kappa shape index (κ1) is 22.3. The third-order valence-electron chi connectivity index (χ3n) is 5.62. The minimum Gasteiger partial charge on any atom is -0.329 e. The van der Waals surface area contributed by atoms with Gasteiger partial charge in [0, 0.05) is 12.1 Å². The molecule has 1 heterocycles. The topological polar surface area (TPSA) is 55.2 Å². The van der Waals surface area contributed by atoms with E-state index in [1.165, 1.54) is 47.0 Å². The van der Waals surface area contributed by atoms with Crippen LogP contribution >= 0.6 is 0 Å². The van der Waals surface area contributed by atoms with E-state index in [0.29, 0.717) is 35.4 Å². The molecular weight excluding hydrogens is 424 g/mol. The molecule has 168 valence electrons. The first-order valence-electron chi connectivity index (χ1n) is 10.8. The summed E-state index contributed by atoms with van der Waals surface area (Å²) in [7, 11) is 0. The molecule has 1 aromatic heterocycles. The number of rotatable bonds is 6. The summed E-state index contributed by atoms with van der Waals surface area (Å²) in [6.45, 7) is 4.03. The molecule has 0 bridgehead atoms. The zero-order valence-electron chi connectivity index (χ0n) is 18.3. The summed E-state index contributed by atoms with van der Waals surface area (Å²) in [4.78, 5) is 33.2. The number of carbonyl (C=O) groups is 1. The fourth-order valence-electron chi connectivity index (χ4n) is 4.05. The summed E-state index contributed by atoms with van der Waals surface area (Å²) >= 11 is 0. The van der Waals surface area contributed by atoms with E-state index in [1.807, 2.05) is 13.8 Å². The van der Waals surface area contributed by atoms with Crippen LogP contribution in [0.15, 0.2) is 77.6 Å². The van der Waals surface area contributed by atoms with E-state index in [9.17, 15) is 18.4 Å². The molecular formula is C26H23F2N3O2. The van der Waals surface area contributed by atoms with Gasteiger partial charge in [-0.25, -0.2) is 13.8 Å². The minimum atomic E-state index is -0.576. The number of hydrogen-bond donors (Lipinski definition) is 0. The summed E-state index contributed by atoms with van der Waals surface area (Å²) in [5.74, 6) is -0.932. The molecule has 0 N–H and O–H groups in total. The Hall–Kier alpha value is -3.87. The molecule has 4 aromatic rings. The Kier molecular flexibility index (Phi) is 6.31. The Morgan fingerprint density at radius 3 is 2.36 bits per heavy atom. The van der Waals surface area contributed by atoms with E-state index in [-0.39, 0.29) is 17.0 Å². The molecule has 0 radical (unpaired) electrons. The number of aromatic nitrogens is 2. The number of benzene rings is 3. The highest BCUT2D eigenvalue weighted by atomic mass is 19.1. The Labute approximate surface area is 189 Å². The molecule has 1 unspecified atom stereocenters. The van der Waals surface area contributed by atoms with Crippen molar-refractivity contribution in [3.63, 3.8) is 0 Å². The van der Waals surface area contributed by atoms with Crippen molar-refractivity contribution in [3.8, 4) is 5.69 Å². The molecule has 7 heteroatoms. The van der Waals surface area contributed by atoms with Gasteiger partial charge in [0.25, 0.3) is 11.5 Å². The molecule has 0 spiro atoms. The van der Waals surface area contributed by atoms with Crippen LogP contribution in [0.1, 0.15) is 42.5 Å².